The number of carbonyl (C=O) groups excluding carboxylic acids is 3. The first kappa shape index (κ1) is 29.6. The van der Waals surface area contributed by atoms with Crippen LogP contribution in [0.15, 0.2) is 34.4 Å². The van der Waals surface area contributed by atoms with Crippen molar-refractivity contribution in [3.8, 4) is 0 Å². The topological polar surface area (TPSA) is 117 Å². The molecule has 2 fully saturated rings. The van der Waals surface area contributed by atoms with E-state index in [9.17, 15) is 24.6 Å². The van der Waals surface area contributed by atoms with E-state index in [-0.39, 0.29) is 36.2 Å². The maximum Gasteiger partial charge on any atom is 0.309 e. The summed E-state index contributed by atoms with van der Waals surface area (Å²) in [6, 6.07) is 0. The fourth-order valence-electron chi connectivity index (χ4n) is 5.17. The number of thioether (sulfide) groups is 1. The van der Waals surface area contributed by atoms with Crippen molar-refractivity contribution < 1.29 is 34.1 Å². The Morgan fingerprint density at radius 1 is 1.19 bits per heavy atom. The fourth-order valence-corrected chi connectivity index (χ4v) is 5.94. The summed E-state index contributed by atoms with van der Waals surface area (Å²) in [5.41, 5.74) is 0.159. The molecular weight excluding hydrogens is 494 g/mol. The molecule has 0 radical (unpaired) electrons. The number of hydrogen-bond donors (Lipinski definition) is 2. The van der Waals surface area contributed by atoms with Crippen LogP contribution in [0.3, 0.4) is 0 Å². The van der Waals surface area contributed by atoms with Gasteiger partial charge in [0.05, 0.1) is 47.0 Å². The quantitative estimate of drug-likeness (QED) is 0.401. The van der Waals surface area contributed by atoms with Crippen LogP contribution in [0.25, 0.3) is 0 Å². The van der Waals surface area contributed by atoms with Crippen molar-refractivity contribution in [2.45, 2.75) is 104 Å². The van der Waals surface area contributed by atoms with Crippen molar-refractivity contribution in [2.75, 3.05) is 0 Å². The van der Waals surface area contributed by atoms with E-state index in [1.165, 1.54) is 23.6 Å². The highest BCUT2D eigenvalue weighted by Crippen LogP contribution is 2.38. The molecule has 0 aromatic heterocycles. The zero-order valence-electron chi connectivity index (χ0n) is 22.7. The molecule has 1 amide bonds. The summed E-state index contributed by atoms with van der Waals surface area (Å²) >= 11 is 1.36. The monoisotopic (exact) mass is 535 g/mol. The van der Waals surface area contributed by atoms with Crippen molar-refractivity contribution in [3.05, 3.63) is 34.4 Å². The molecule has 2 N–H and O–H groups in total. The highest BCUT2D eigenvalue weighted by Gasteiger charge is 2.44. The van der Waals surface area contributed by atoms with Gasteiger partial charge in [-0.1, -0.05) is 52.5 Å². The molecule has 3 aliphatic heterocycles. The minimum Gasteiger partial charge on any atom is -0.458 e. The van der Waals surface area contributed by atoms with Crippen LogP contribution in [0.2, 0.25) is 0 Å². The van der Waals surface area contributed by atoms with E-state index in [2.05, 4.69) is 6.58 Å². The number of hydrogen-bond acceptors (Lipinski definition) is 8. The van der Waals surface area contributed by atoms with E-state index in [0.29, 0.717) is 17.1 Å². The number of Topliss-reactive ketones (excluding diaryl/α,β-unsaturated/α-hetero) is 1. The van der Waals surface area contributed by atoms with Crippen LogP contribution in [0.4, 0.5) is 0 Å². The number of amides is 1. The number of esters is 1. The molecule has 206 valence electrons. The van der Waals surface area contributed by atoms with Gasteiger partial charge in [0.15, 0.2) is 0 Å². The lowest BCUT2D eigenvalue weighted by Crippen LogP contribution is -2.45. The number of ether oxygens (including phenoxy) is 2. The number of fused-ring (bicyclic) bond motifs is 1. The Hall–Kier alpha value is -1.94. The van der Waals surface area contributed by atoms with Crippen molar-refractivity contribution in [1.29, 1.82) is 0 Å². The molecule has 3 rings (SSSR count). The zero-order valence-corrected chi connectivity index (χ0v) is 23.5. The van der Waals surface area contributed by atoms with E-state index >= 15 is 0 Å². The highest BCUT2D eigenvalue weighted by molar-refractivity contribution is 8.06. The zero-order chi connectivity index (χ0) is 27.7. The van der Waals surface area contributed by atoms with Gasteiger partial charge in [0.25, 0.3) is 0 Å². The van der Waals surface area contributed by atoms with E-state index in [1.54, 1.807) is 20.8 Å². The Morgan fingerprint density at radius 3 is 2.51 bits per heavy atom. The number of aliphatic hydroxyl groups is 2. The number of ketones is 1. The highest BCUT2D eigenvalue weighted by atomic mass is 32.2. The second-order valence-electron chi connectivity index (χ2n) is 11.2. The third-order valence-corrected chi connectivity index (χ3v) is 8.73. The van der Waals surface area contributed by atoms with Crippen LogP contribution in [0.5, 0.6) is 0 Å². The van der Waals surface area contributed by atoms with Gasteiger partial charge < -0.3 is 19.7 Å². The molecule has 2 saturated heterocycles. The molecule has 0 spiro atoms. The first-order valence-electron chi connectivity index (χ1n) is 13.0. The maximum atomic E-state index is 13.2. The third-order valence-electron chi connectivity index (χ3n) is 7.91. The minimum atomic E-state index is -1.27. The lowest BCUT2D eigenvalue weighted by atomic mass is 9.73. The van der Waals surface area contributed by atoms with Gasteiger partial charge in [-0.3, -0.25) is 19.3 Å². The largest absolute Gasteiger partial charge is 0.458 e. The average molecular weight is 536 g/mol. The predicted octanol–water partition coefficient (Wildman–Crippen LogP) is 4.07. The van der Waals surface area contributed by atoms with E-state index < -0.39 is 35.6 Å². The molecular formula is C28H41NO7S. The number of cyclic esters (lactones) is 1. The van der Waals surface area contributed by atoms with Crippen LogP contribution >= 0.6 is 11.8 Å². The first-order valence-corrected chi connectivity index (χ1v) is 13.9. The van der Waals surface area contributed by atoms with Gasteiger partial charge in [0.2, 0.25) is 5.91 Å². The molecule has 0 saturated carbocycles. The number of carbonyl (C=O) groups is 3. The van der Waals surface area contributed by atoms with Crippen molar-refractivity contribution in [1.82, 2.24) is 4.90 Å². The molecule has 0 bridgehead atoms. The van der Waals surface area contributed by atoms with Crippen molar-refractivity contribution in [2.24, 2.45) is 17.3 Å². The SMILES string of the molecule is C=C1SC=C(C=C(C)[C@H]2C[C@@H]3O[C@H]3CCC[C@@H](C)[C@@H](O)[C@H](C)C(=O)C(C)(C)[C@H](O)CC(=O)O2)N1C(C)=O. The summed E-state index contributed by atoms with van der Waals surface area (Å²) in [6.07, 6.45) is 1.57. The van der Waals surface area contributed by atoms with E-state index in [1.807, 2.05) is 25.3 Å². The maximum absolute atomic E-state index is 13.2. The van der Waals surface area contributed by atoms with Crippen LogP contribution in [0.1, 0.15) is 73.6 Å². The van der Waals surface area contributed by atoms with Crippen molar-refractivity contribution in [3.63, 3.8) is 0 Å². The summed E-state index contributed by atoms with van der Waals surface area (Å²) in [5, 5.41) is 24.1. The number of nitrogens with zero attached hydrogens (tertiary/aromatic N) is 1. The second-order valence-corrected chi connectivity index (χ2v) is 12.2. The van der Waals surface area contributed by atoms with Crippen LogP contribution in [0, 0.1) is 17.3 Å². The van der Waals surface area contributed by atoms with Gasteiger partial charge in [-0.25, -0.2) is 0 Å². The molecule has 0 aliphatic carbocycles. The van der Waals surface area contributed by atoms with Gasteiger partial charge in [-0.15, -0.1) is 0 Å². The number of rotatable bonds is 2. The average Bonchev–Trinajstić information content (AvgIpc) is 3.45. The van der Waals surface area contributed by atoms with Gasteiger partial charge in [-0.2, -0.15) is 0 Å². The van der Waals surface area contributed by atoms with Gasteiger partial charge >= 0.3 is 5.97 Å². The molecule has 3 heterocycles. The Kier molecular flexibility index (Phi) is 9.48. The Bertz CT molecular complexity index is 987. The number of allylic oxidation sites excluding steroid dienone is 1. The lowest BCUT2D eigenvalue weighted by molar-refractivity contribution is -0.154. The molecule has 0 aromatic rings. The van der Waals surface area contributed by atoms with E-state index in [4.69, 9.17) is 9.47 Å². The Labute approximate surface area is 224 Å². The molecule has 7 atom stereocenters. The predicted molar refractivity (Wildman–Crippen MR) is 142 cm³/mol. The molecule has 0 aromatic carbocycles. The van der Waals surface area contributed by atoms with Crippen LogP contribution < -0.4 is 0 Å². The molecule has 8 nitrogen and oxygen atoms in total. The second kappa shape index (κ2) is 11.8. The molecule has 3 aliphatic rings. The summed E-state index contributed by atoms with van der Waals surface area (Å²) in [5.74, 6) is -1.83. The Balaban J connectivity index is 1.84. The molecule has 37 heavy (non-hydrogen) atoms. The fraction of sp³-hybridized carbons (Fsp3) is 0.679. The van der Waals surface area contributed by atoms with Gasteiger partial charge in [0, 0.05) is 24.7 Å². The van der Waals surface area contributed by atoms with Gasteiger partial charge in [0.1, 0.15) is 11.9 Å². The summed E-state index contributed by atoms with van der Waals surface area (Å²) in [4.78, 5) is 39.8. The number of epoxide rings is 1. The third kappa shape index (κ3) is 6.93. The summed E-state index contributed by atoms with van der Waals surface area (Å²) < 4.78 is 11.7. The summed E-state index contributed by atoms with van der Waals surface area (Å²) in [7, 11) is 0. The Morgan fingerprint density at radius 2 is 1.86 bits per heavy atom. The summed E-state index contributed by atoms with van der Waals surface area (Å²) in [6.45, 7) is 14.0. The normalized spacial score (nSPS) is 36.1. The smallest absolute Gasteiger partial charge is 0.309 e. The minimum absolute atomic E-state index is 0.0459. The molecule has 9 heteroatoms. The van der Waals surface area contributed by atoms with Crippen LogP contribution in [-0.4, -0.2) is 63.3 Å². The van der Waals surface area contributed by atoms with Crippen molar-refractivity contribution >= 4 is 29.4 Å². The number of aliphatic hydroxyl groups excluding tert-OH is 2. The lowest BCUT2D eigenvalue weighted by Gasteiger charge is -2.34. The van der Waals surface area contributed by atoms with Gasteiger partial charge in [-0.05, 0) is 37.3 Å². The first-order chi connectivity index (χ1) is 17.2. The standard InChI is InChI=1S/C28H41NO7S/c1-15-9-8-10-21-23(35-21)12-22(16(2)11-20-14-37-19(5)29(20)18(4)30)36-25(32)13-24(31)28(6,7)27(34)17(3)26(15)33/h11,14-15,17,21-24,26,31,33H,5,8-10,12-13H2,1-4,6-7H3/t15-,17+,21+,22-,23+,24-,26-/m1/s1. The van der Waals surface area contributed by atoms with Crippen LogP contribution in [-0.2, 0) is 23.9 Å². The van der Waals surface area contributed by atoms with E-state index in [0.717, 1.165) is 24.8 Å². The molecule has 0 unspecified atom stereocenters.